The number of carbonyl (C=O) groups is 1. The Labute approximate surface area is 151 Å². The summed E-state index contributed by atoms with van der Waals surface area (Å²) >= 11 is 0. The van der Waals surface area contributed by atoms with Crippen molar-refractivity contribution in [3.05, 3.63) is 29.8 Å². The highest BCUT2D eigenvalue weighted by molar-refractivity contribution is 5.79. The van der Waals surface area contributed by atoms with E-state index in [4.69, 9.17) is 0 Å². The zero-order chi connectivity index (χ0) is 18.6. The number of rotatable bonds is 4. The molecule has 26 heavy (non-hydrogen) atoms. The molecule has 1 saturated heterocycles. The van der Waals surface area contributed by atoms with E-state index in [1.54, 1.807) is 6.07 Å². The molecule has 1 aromatic rings. The maximum atomic E-state index is 12.5. The zero-order valence-corrected chi connectivity index (χ0v) is 14.8. The second-order valence-electron chi connectivity index (χ2n) is 7.08. The van der Waals surface area contributed by atoms with Crippen LogP contribution in [0.15, 0.2) is 24.3 Å². The first kappa shape index (κ1) is 19.0. The van der Waals surface area contributed by atoms with Crippen LogP contribution in [0.5, 0.6) is 5.75 Å². The van der Waals surface area contributed by atoms with E-state index in [0.717, 1.165) is 13.1 Å². The van der Waals surface area contributed by atoms with Crippen molar-refractivity contribution in [2.75, 3.05) is 26.2 Å². The lowest BCUT2D eigenvalue weighted by Gasteiger charge is -2.40. The summed E-state index contributed by atoms with van der Waals surface area (Å²) in [4.78, 5) is 16.8. The van der Waals surface area contributed by atoms with Crippen molar-refractivity contribution in [2.24, 2.45) is 0 Å². The van der Waals surface area contributed by atoms with E-state index < -0.39 is 6.36 Å². The van der Waals surface area contributed by atoms with Gasteiger partial charge in [-0.1, -0.05) is 31.4 Å². The quantitative estimate of drug-likeness (QED) is 0.812. The second-order valence-corrected chi connectivity index (χ2v) is 7.08. The van der Waals surface area contributed by atoms with Crippen LogP contribution in [0.25, 0.3) is 0 Å². The summed E-state index contributed by atoms with van der Waals surface area (Å²) in [5.41, 5.74) is 0.534. The van der Waals surface area contributed by atoms with Crippen molar-refractivity contribution in [3.63, 3.8) is 0 Å². The minimum Gasteiger partial charge on any atom is -0.406 e. The third-order valence-corrected chi connectivity index (χ3v) is 5.25. The number of piperazine rings is 1. The highest BCUT2D eigenvalue weighted by atomic mass is 19.4. The Morgan fingerprint density at radius 2 is 1.77 bits per heavy atom. The topological polar surface area (TPSA) is 32.8 Å². The Hall–Kier alpha value is -1.76. The van der Waals surface area contributed by atoms with E-state index in [1.165, 1.54) is 50.3 Å². The highest BCUT2D eigenvalue weighted by Gasteiger charge is 2.31. The van der Waals surface area contributed by atoms with Crippen LogP contribution in [0, 0.1) is 0 Å². The van der Waals surface area contributed by atoms with Gasteiger partial charge in [0.2, 0.25) is 5.91 Å². The molecule has 0 unspecified atom stereocenters. The number of amides is 1. The van der Waals surface area contributed by atoms with Crippen molar-refractivity contribution >= 4 is 5.91 Å². The molecule has 0 spiro atoms. The number of nitrogens with zero attached hydrogens (tertiary/aromatic N) is 2. The van der Waals surface area contributed by atoms with Crippen LogP contribution >= 0.6 is 0 Å². The van der Waals surface area contributed by atoms with Crippen LogP contribution in [0.3, 0.4) is 0 Å². The van der Waals surface area contributed by atoms with Gasteiger partial charge in [-0.3, -0.25) is 9.69 Å². The van der Waals surface area contributed by atoms with Gasteiger partial charge in [0.15, 0.2) is 0 Å². The maximum Gasteiger partial charge on any atom is 0.573 e. The predicted molar refractivity (Wildman–Crippen MR) is 91.9 cm³/mol. The zero-order valence-electron chi connectivity index (χ0n) is 14.8. The number of carbonyl (C=O) groups excluding carboxylic acids is 1. The molecule has 0 aromatic heterocycles. The van der Waals surface area contributed by atoms with Crippen LogP contribution in [0.4, 0.5) is 13.2 Å². The van der Waals surface area contributed by atoms with E-state index >= 15 is 0 Å². The molecule has 1 amide bonds. The van der Waals surface area contributed by atoms with Gasteiger partial charge in [-0.05, 0) is 30.5 Å². The van der Waals surface area contributed by atoms with Gasteiger partial charge in [0.05, 0.1) is 6.42 Å². The fourth-order valence-electron chi connectivity index (χ4n) is 3.92. The Morgan fingerprint density at radius 1 is 1.08 bits per heavy atom. The molecular weight excluding hydrogens is 345 g/mol. The Morgan fingerprint density at radius 3 is 2.42 bits per heavy atom. The molecular formula is C19H25F3N2O2. The van der Waals surface area contributed by atoms with Crippen molar-refractivity contribution in [3.8, 4) is 5.75 Å². The minimum absolute atomic E-state index is 0.0440. The predicted octanol–water partition coefficient (Wildman–Crippen LogP) is 3.60. The summed E-state index contributed by atoms with van der Waals surface area (Å²) in [5.74, 6) is -0.331. The second kappa shape index (κ2) is 8.29. The summed E-state index contributed by atoms with van der Waals surface area (Å²) in [6, 6.07) is 6.30. The Bertz CT molecular complexity index is 607. The van der Waals surface area contributed by atoms with E-state index in [1.807, 2.05) is 4.90 Å². The van der Waals surface area contributed by atoms with Crippen LogP contribution in [-0.4, -0.2) is 54.3 Å². The summed E-state index contributed by atoms with van der Waals surface area (Å²) < 4.78 is 40.9. The normalized spacial score (nSPS) is 20.2. The van der Waals surface area contributed by atoms with Crippen molar-refractivity contribution in [1.29, 1.82) is 0 Å². The molecule has 0 N–H and O–H groups in total. The fraction of sp³-hybridized carbons (Fsp3) is 0.632. The van der Waals surface area contributed by atoms with Gasteiger partial charge < -0.3 is 9.64 Å². The lowest BCUT2D eigenvalue weighted by atomic mass is 9.94. The van der Waals surface area contributed by atoms with E-state index in [-0.39, 0.29) is 18.1 Å². The van der Waals surface area contributed by atoms with Gasteiger partial charge >= 0.3 is 6.36 Å². The molecule has 144 valence electrons. The third kappa shape index (κ3) is 5.37. The molecule has 1 heterocycles. The van der Waals surface area contributed by atoms with Gasteiger partial charge in [-0.2, -0.15) is 0 Å². The number of benzene rings is 1. The van der Waals surface area contributed by atoms with E-state index in [9.17, 15) is 18.0 Å². The maximum absolute atomic E-state index is 12.5. The summed E-state index contributed by atoms with van der Waals surface area (Å²) in [6.45, 7) is 3.14. The van der Waals surface area contributed by atoms with Crippen molar-refractivity contribution < 1.29 is 22.7 Å². The summed E-state index contributed by atoms with van der Waals surface area (Å²) in [5, 5.41) is 0. The Kier molecular flexibility index (Phi) is 6.06. The van der Waals surface area contributed by atoms with Crippen LogP contribution in [-0.2, 0) is 11.2 Å². The molecule has 1 saturated carbocycles. The van der Waals surface area contributed by atoms with Crippen molar-refractivity contribution in [2.45, 2.75) is 50.9 Å². The van der Waals surface area contributed by atoms with Crippen LogP contribution in [0.2, 0.25) is 0 Å². The molecule has 2 fully saturated rings. The average molecular weight is 370 g/mol. The number of hydrogen-bond acceptors (Lipinski definition) is 3. The molecule has 1 aliphatic carbocycles. The number of hydrogen-bond donors (Lipinski definition) is 0. The van der Waals surface area contributed by atoms with Gasteiger partial charge in [0.25, 0.3) is 0 Å². The molecule has 4 nitrogen and oxygen atoms in total. The lowest BCUT2D eigenvalue weighted by molar-refractivity contribution is -0.274. The molecule has 0 atom stereocenters. The van der Waals surface area contributed by atoms with Gasteiger partial charge in [-0.15, -0.1) is 13.2 Å². The fourth-order valence-corrected chi connectivity index (χ4v) is 3.92. The number of ether oxygens (including phenoxy) is 1. The molecule has 0 bridgehead atoms. The average Bonchev–Trinajstić information content (AvgIpc) is 2.61. The molecule has 0 radical (unpaired) electrons. The molecule has 1 aliphatic heterocycles. The third-order valence-electron chi connectivity index (χ3n) is 5.25. The molecule has 3 rings (SSSR count). The monoisotopic (exact) mass is 370 g/mol. The van der Waals surface area contributed by atoms with E-state index in [2.05, 4.69) is 9.64 Å². The van der Waals surface area contributed by atoms with E-state index in [0.29, 0.717) is 24.7 Å². The van der Waals surface area contributed by atoms with Gasteiger partial charge in [-0.25, -0.2) is 0 Å². The van der Waals surface area contributed by atoms with Gasteiger partial charge in [0.1, 0.15) is 5.75 Å². The standard InChI is InChI=1S/C19H25F3N2O2/c20-19(21,22)26-17-8-4-5-15(13-17)14-18(25)24-11-9-23(10-12-24)16-6-2-1-3-7-16/h4-5,8,13,16H,1-3,6-7,9-12,14H2. The SMILES string of the molecule is O=C(Cc1cccc(OC(F)(F)F)c1)N1CCN(C2CCCCC2)CC1. The van der Waals surface area contributed by atoms with Crippen molar-refractivity contribution in [1.82, 2.24) is 9.80 Å². The first-order chi connectivity index (χ1) is 12.4. The molecule has 1 aromatic carbocycles. The number of halogens is 3. The van der Waals surface area contributed by atoms with Crippen LogP contribution in [0.1, 0.15) is 37.7 Å². The number of alkyl halides is 3. The largest absolute Gasteiger partial charge is 0.573 e. The van der Waals surface area contributed by atoms with Gasteiger partial charge in [0, 0.05) is 32.2 Å². The van der Waals surface area contributed by atoms with Crippen LogP contribution < -0.4 is 4.74 Å². The molecule has 2 aliphatic rings. The molecule has 7 heteroatoms. The summed E-state index contributed by atoms with van der Waals surface area (Å²) in [7, 11) is 0. The lowest BCUT2D eigenvalue weighted by Crippen LogP contribution is -2.52. The summed E-state index contributed by atoms with van der Waals surface area (Å²) in [6.07, 6.45) is 1.78. The first-order valence-electron chi connectivity index (χ1n) is 9.27. The first-order valence-corrected chi connectivity index (χ1v) is 9.27. The minimum atomic E-state index is -4.72. The Balaban J connectivity index is 1.50. The highest BCUT2D eigenvalue weighted by Crippen LogP contribution is 2.25. The smallest absolute Gasteiger partial charge is 0.406 e.